The van der Waals surface area contributed by atoms with Crippen LogP contribution in [0.5, 0.6) is 0 Å². The van der Waals surface area contributed by atoms with Gasteiger partial charge >= 0.3 is 60.8 Å². The fourth-order valence-corrected chi connectivity index (χ4v) is 0. The van der Waals surface area contributed by atoms with E-state index in [4.69, 9.17) is 5.02 Å². The molecule has 1 nitrogen and oxygen atoms in total. The first kappa shape index (κ1) is 25.3. The average Bonchev–Trinajstić information content (AvgIpc) is 1.00. The van der Waals surface area contributed by atoms with E-state index in [0.717, 1.165) is 8.05 Å². The molecule has 5 heteroatoms. The maximum atomic E-state index is 7.00. The van der Waals surface area contributed by atoms with E-state index in [2.05, 4.69) is 0 Å². The first-order valence-corrected chi connectivity index (χ1v) is 0.447. The summed E-state index contributed by atoms with van der Waals surface area (Å²) in [6.45, 7) is 0. The van der Waals surface area contributed by atoms with Crippen molar-refractivity contribution in [1.29, 1.82) is 0 Å². The molecule has 0 aliphatic carbocycles. The smallest absolute Gasteiger partial charge is 0 e. The minimum atomic E-state index is 0. The predicted octanol–water partition coefficient (Wildman–Crippen LogP) is -3.31. The third-order valence-corrected chi connectivity index (χ3v) is 0. The molecule has 0 unspecified atom stereocenters. The molecule has 0 fully saturated rings. The van der Waals surface area contributed by atoms with E-state index in [-0.39, 0.29) is 80.3 Å². The van der Waals surface area contributed by atoms with Crippen molar-refractivity contribution >= 4 is 68.8 Å². The number of hydrogen-bond donors (Lipinski definition) is 1. The van der Waals surface area contributed by atoms with Gasteiger partial charge in [0.25, 0.3) is 8.05 Å². The molecule has 0 bridgehead atoms. The van der Waals surface area contributed by atoms with E-state index >= 15 is 0 Å². The Bertz CT molecular complexity index is 11.6. The predicted molar refractivity (Wildman–Crippen MR) is 27.9 cm³/mol. The van der Waals surface area contributed by atoms with Gasteiger partial charge in [-0.25, -0.2) is 0 Å². The van der Waals surface area contributed by atoms with Gasteiger partial charge in [-0.2, -0.15) is 0 Å². The topological polar surface area (TPSA) is 20.2 Å². The van der Waals surface area contributed by atoms with E-state index in [1.807, 2.05) is 0 Å². The number of rotatable bonds is 0. The van der Waals surface area contributed by atoms with Crippen LogP contribution >= 0.6 is 0 Å². The molecular formula is H7BCaMgOZn. The molecule has 0 atom stereocenters. The van der Waals surface area contributed by atoms with E-state index < -0.39 is 0 Å². The second-order valence-electron chi connectivity index (χ2n) is 0. The fourth-order valence-electron chi connectivity index (χ4n) is 0. The zero-order valence-corrected chi connectivity index (χ0v) is 5.12. The third-order valence-electron chi connectivity index (χ3n) is 0. The number of hydrogen-bond acceptors (Lipinski definition) is 1. The van der Waals surface area contributed by atoms with Crippen LogP contribution in [0.1, 0.15) is 0 Å². The second kappa shape index (κ2) is 30.0. The molecule has 0 aromatic heterocycles. The van der Waals surface area contributed by atoms with Gasteiger partial charge in [0.15, 0.2) is 0 Å². The Labute approximate surface area is 91.6 Å². The van der Waals surface area contributed by atoms with Crippen molar-refractivity contribution in [3.8, 4) is 0 Å². The largest absolute Gasteiger partial charge is 0.316 e. The van der Waals surface area contributed by atoms with Crippen LogP contribution in [-0.4, -0.2) is 73.9 Å². The molecule has 0 aliphatic heterocycles. The SMILES string of the molecule is BO.[CaH2].[MgH2].[Zn]. The summed E-state index contributed by atoms with van der Waals surface area (Å²) in [7, 11) is 1.00. The quantitative estimate of drug-likeness (QED) is 0.371. The van der Waals surface area contributed by atoms with Gasteiger partial charge in [0.1, 0.15) is 0 Å². The van der Waals surface area contributed by atoms with Crippen molar-refractivity contribution in [2.24, 2.45) is 0 Å². The summed E-state index contributed by atoms with van der Waals surface area (Å²) in [5.41, 5.74) is 0. The minimum Gasteiger partial charge on any atom is 0 e. The molecule has 0 radical (unpaired) electrons. The van der Waals surface area contributed by atoms with Crippen LogP contribution in [0, 0.1) is 0 Å². The second-order valence-corrected chi connectivity index (χ2v) is 0. The normalized spacial score (nSPS) is 1.00. The Kier molecular flexibility index (Phi) is 152. The zero-order valence-electron chi connectivity index (χ0n) is 2.15. The van der Waals surface area contributed by atoms with E-state index in [0.29, 0.717) is 0 Å². The van der Waals surface area contributed by atoms with Crippen LogP contribution in [0.3, 0.4) is 0 Å². The van der Waals surface area contributed by atoms with Gasteiger partial charge in [-0.15, -0.1) is 0 Å². The average molecular weight is 164 g/mol. The van der Waals surface area contributed by atoms with Crippen LogP contribution in [0.2, 0.25) is 0 Å². The first-order valence-electron chi connectivity index (χ1n) is 0.447. The summed E-state index contributed by atoms with van der Waals surface area (Å²) in [6.07, 6.45) is 0. The molecule has 0 spiro atoms. The van der Waals surface area contributed by atoms with Crippen LogP contribution < -0.4 is 0 Å². The maximum Gasteiger partial charge on any atom is 0.316 e. The van der Waals surface area contributed by atoms with Gasteiger partial charge in [0, 0.05) is 19.5 Å². The van der Waals surface area contributed by atoms with E-state index in [1.165, 1.54) is 0 Å². The van der Waals surface area contributed by atoms with E-state index in [1.54, 1.807) is 0 Å². The standard InChI is InChI=1S/BH3O.Ca.Mg.Zn.4H/c1-2;;;;;;;/h2H,1H2;;;;;;;. The van der Waals surface area contributed by atoms with Crippen molar-refractivity contribution in [2.75, 3.05) is 0 Å². The van der Waals surface area contributed by atoms with Crippen molar-refractivity contribution in [2.45, 2.75) is 0 Å². The Balaban J connectivity index is -0.00000000167. The zero-order chi connectivity index (χ0) is 2.00. The van der Waals surface area contributed by atoms with Crippen molar-refractivity contribution in [3.05, 3.63) is 0 Å². The van der Waals surface area contributed by atoms with Gasteiger partial charge in [-0.3, -0.25) is 0 Å². The van der Waals surface area contributed by atoms with Gasteiger partial charge in [0.05, 0.1) is 0 Å². The maximum absolute atomic E-state index is 7.00. The Morgan fingerprint density at radius 2 is 1.20 bits per heavy atom. The molecule has 0 rings (SSSR count). The van der Waals surface area contributed by atoms with E-state index in [9.17, 15) is 0 Å². The molecule has 0 saturated carbocycles. The van der Waals surface area contributed by atoms with Gasteiger partial charge in [-0.05, 0) is 0 Å². The van der Waals surface area contributed by atoms with Gasteiger partial charge in [-0.1, -0.05) is 0 Å². The van der Waals surface area contributed by atoms with Crippen molar-refractivity contribution in [1.82, 2.24) is 0 Å². The fraction of sp³-hybridized carbons (Fsp3) is 0. The first-order chi connectivity index (χ1) is 1.00. The molecular weight excluding hydrogens is 157 g/mol. The minimum absolute atomic E-state index is 0. The van der Waals surface area contributed by atoms with Crippen LogP contribution in [-0.2, 0) is 19.5 Å². The molecule has 0 aromatic carbocycles. The van der Waals surface area contributed by atoms with Gasteiger partial charge in [0.2, 0.25) is 0 Å². The molecule has 1 N–H and O–H groups in total. The summed E-state index contributed by atoms with van der Waals surface area (Å²) in [4.78, 5) is 0. The Morgan fingerprint density at radius 1 is 1.20 bits per heavy atom. The Morgan fingerprint density at radius 3 is 1.20 bits per heavy atom. The summed E-state index contributed by atoms with van der Waals surface area (Å²) >= 11 is 0. The molecule has 0 aromatic rings. The monoisotopic (exact) mass is 162 g/mol. The molecule has 0 amide bonds. The molecule has 0 aliphatic rings. The Hall–Kier alpha value is 2.67. The summed E-state index contributed by atoms with van der Waals surface area (Å²) in [5.74, 6) is 0. The summed E-state index contributed by atoms with van der Waals surface area (Å²) in [5, 5.41) is 7.00. The van der Waals surface area contributed by atoms with Crippen LogP contribution in [0.4, 0.5) is 0 Å². The van der Waals surface area contributed by atoms with Crippen molar-refractivity contribution < 1.29 is 24.5 Å². The molecule has 22 valence electrons. The molecule has 0 saturated heterocycles. The summed E-state index contributed by atoms with van der Waals surface area (Å²) < 4.78 is 0. The van der Waals surface area contributed by atoms with Gasteiger partial charge < -0.3 is 5.02 Å². The third kappa shape index (κ3) is 20.4. The van der Waals surface area contributed by atoms with Crippen LogP contribution in [0.25, 0.3) is 0 Å². The van der Waals surface area contributed by atoms with Crippen LogP contribution in [0.15, 0.2) is 0 Å². The van der Waals surface area contributed by atoms with Crippen molar-refractivity contribution in [3.63, 3.8) is 0 Å². The molecule has 0 heterocycles. The summed E-state index contributed by atoms with van der Waals surface area (Å²) in [6, 6.07) is 0. The molecule has 5 heavy (non-hydrogen) atoms.